The molecule has 0 radical (unpaired) electrons. The second-order valence-electron chi connectivity index (χ2n) is 8.73. The average Bonchev–Trinajstić information content (AvgIpc) is 3.44. The highest BCUT2D eigenvalue weighted by molar-refractivity contribution is 9.10. The number of piperidine rings is 1. The van der Waals surface area contributed by atoms with Gasteiger partial charge >= 0.3 is 0 Å². The van der Waals surface area contributed by atoms with Crippen LogP contribution in [-0.4, -0.2) is 47.4 Å². The van der Waals surface area contributed by atoms with E-state index in [1.165, 1.54) is 0 Å². The number of benzene rings is 1. The Morgan fingerprint density at radius 1 is 1.03 bits per heavy atom. The summed E-state index contributed by atoms with van der Waals surface area (Å²) in [5.41, 5.74) is 10.1. The molecule has 1 aromatic carbocycles. The number of para-hydroxylation sites is 1. The molecule has 9 nitrogen and oxygen atoms in total. The summed E-state index contributed by atoms with van der Waals surface area (Å²) in [5.74, 6) is 3.31. The van der Waals surface area contributed by atoms with E-state index in [0.29, 0.717) is 11.9 Å². The number of nitrogens with two attached hydrogens (primary N) is 1. The number of pyridine rings is 1. The number of hydrogen-bond donors (Lipinski definition) is 1. The molecule has 2 N–H and O–H groups in total. The lowest BCUT2D eigenvalue weighted by atomic mass is 10.0. The normalized spacial score (nSPS) is 15.0. The van der Waals surface area contributed by atoms with Gasteiger partial charge in [0.2, 0.25) is 0 Å². The predicted molar refractivity (Wildman–Crippen MR) is 136 cm³/mol. The number of hydrogen-bond acceptors (Lipinski definition) is 7. The van der Waals surface area contributed by atoms with Crippen LogP contribution in [0.15, 0.2) is 47.2 Å². The van der Waals surface area contributed by atoms with Gasteiger partial charge in [-0.05, 0) is 54.8 Å². The molecule has 1 fully saturated rings. The van der Waals surface area contributed by atoms with Crippen LogP contribution in [0.2, 0.25) is 0 Å². The molecule has 0 bridgehead atoms. The number of fused-ring (bicyclic) bond motifs is 2. The zero-order valence-electron chi connectivity index (χ0n) is 19.0. The van der Waals surface area contributed by atoms with Gasteiger partial charge in [0.25, 0.3) is 0 Å². The van der Waals surface area contributed by atoms with Crippen LogP contribution < -0.4 is 10.6 Å². The highest BCUT2D eigenvalue weighted by atomic mass is 79.9. The van der Waals surface area contributed by atoms with Crippen molar-refractivity contribution in [2.75, 3.05) is 23.7 Å². The summed E-state index contributed by atoms with van der Waals surface area (Å²) < 4.78 is 4.70. The summed E-state index contributed by atoms with van der Waals surface area (Å²) in [6, 6.07) is 10.6. The Kier molecular flexibility index (Phi) is 4.98. The first-order chi connectivity index (χ1) is 16.5. The maximum Gasteiger partial charge on any atom is 0.167 e. The number of aryl methyl sites for hydroxylation is 2. The van der Waals surface area contributed by atoms with Gasteiger partial charge in [-0.25, -0.2) is 4.98 Å². The first-order valence-corrected chi connectivity index (χ1v) is 12.1. The summed E-state index contributed by atoms with van der Waals surface area (Å²) in [5, 5.41) is 14.1. The molecule has 0 aliphatic carbocycles. The molecule has 34 heavy (non-hydrogen) atoms. The van der Waals surface area contributed by atoms with Crippen molar-refractivity contribution < 1.29 is 0 Å². The van der Waals surface area contributed by atoms with E-state index in [0.717, 1.165) is 75.5 Å². The van der Waals surface area contributed by atoms with Crippen LogP contribution in [-0.2, 0) is 0 Å². The largest absolute Gasteiger partial charge is 0.383 e. The Hall–Kier alpha value is -3.53. The lowest BCUT2D eigenvalue weighted by molar-refractivity contribution is 0.382. The van der Waals surface area contributed by atoms with Gasteiger partial charge in [-0.15, -0.1) is 10.2 Å². The molecule has 5 heterocycles. The Labute approximate surface area is 204 Å². The third-order valence-corrected chi connectivity index (χ3v) is 7.43. The van der Waals surface area contributed by atoms with Crippen LogP contribution in [0.1, 0.15) is 30.5 Å². The van der Waals surface area contributed by atoms with E-state index in [1.54, 1.807) is 4.52 Å². The Morgan fingerprint density at radius 3 is 2.53 bits per heavy atom. The zero-order valence-corrected chi connectivity index (χ0v) is 20.6. The molecule has 1 aliphatic rings. The fourth-order valence-electron chi connectivity index (χ4n) is 4.95. The summed E-state index contributed by atoms with van der Waals surface area (Å²) in [7, 11) is 0. The lowest BCUT2D eigenvalue weighted by Crippen LogP contribution is -2.36. The number of anilines is 2. The monoisotopic (exact) mass is 517 g/mol. The fraction of sp³-hybridized carbons (Fsp3) is 0.292. The van der Waals surface area contributed by atoms with Crippen LogP contribution >= 0.6 is 15.9 Å². The van der Waals surface area contributed by atoms with Crippen LogP contribution in [0, 0.1) is 13.8 Å². The van der Waals surface area contributed by atoms with E-state index >= 15 is 0 Å². The van der Waals surface area contributed by atoms with Crippen LogP contribution in [0.5, 0.6) is 0 Å². The summed E-state index contributed by atoms with van der Waals surface area (Å²) in [4.78, 5) is 11.9. The van der Waals surface area contributed by atoms with Gasteiger partial charge in [0.1, 0.15) is 27.8 Å². The first-order valence-electron chi connectivity index (χ1n) is 11.3. The third-order valence-electron chi connectivity index (χ3n) is 6.67. The van der Waals surface area contributed by atoms with Crippen molar-refractivity contribution >= 4 is 44.1 Å². The van der Waals surface area contributed by atoms with Crippen molar-refractivity contribution in [3.63, 3.8) is 0 Å². The molecule has 1 aliphatic heterocycles. The van der Waals surface area contributed by atoms with Crippen molar-refractivity contribution in [1.82, 2.24) is 34.3 Å². The Balaban J connectivity index is 1.36. The molecule has 172 valence electrons. The number of halogens is 1. The summed E-state index contributed by atoms with van der Waals surface area (Å²) >= 11 is 3.68. The number of rotatable bonds is 3. The molecule has 1 saturated heterocycles. The Morgan fingerprint density at radius 2 is 1.76 bits per heavy atom. The van der Waals surface area contributed by atoms with Gasteiger partial charge in [0.05, 0.1) is 11.7 Å². The third kappa shape index (κ3) is 3.32. The maximum absolute atomic E-state index is 6.50. The van der Waals surface area contributed by atoms with Crippen LogP contribution in [0.3, 0.4) is 0 Å². The predicted octanol–water partition coefficient (Wildman–Crippen LogP) is 4.34. The zero-order chi connectivity index (χ0) is 23.4. The van der Waals surface area contributed by atoms with Gasteiger partial charge in [-0.2, -0.15) is 9.61 Å². The average molecular weight is 518 g/mol. The second-order valence-corrected chi connectivity index (χ2v) is 9.52. The molecule has 0 saturated carbocycles. The van der Waals surface area contributed by atoms with Crippen molar-refractivity contribution in [2.24, 2.45) is 0 Å². The quantitative estimate of drug-likeness (QED) is 0.379. The molecule has 4 aromatic heterocycles. The molecule has 10 heteroatoms. The minimum atomic E-state index is 0.389. The SMILES string of the molecule is Cc1nnc(C)n1C1CCN(c2nc3c(-c4cnc5ccccc5c4)cnn3c(N)c2Br)CC1. The molecule has 5 aromatic rings. The van der Waals surface area contributed by atoms with Crippen molar-refractivity contribution in [2.45, 2.75) is 32.7 Å². The summed E-state index contributed by atoms with van der Waals surface area (Å²) in [6.07, 6.45) is 5.65. The molecule has 0 spiro atoms. The number of nitrogen functional groups attached to an aromatic ring is 1. The number of nitrogens with zero attached hydrogens (tertiary/aromatic N) is 8. The highest BCUT2D eigenvalue weighted by Gasteiger charge is 2.27. The molecule has 0 atom stereocenters. The van der Waals surface area contributed by atoms with Crippen LogP contribution in [0.4, 0.5) is 11.6 Å². The topological polar surface area (TPSA) is 103 Å². The first kappa shape index (κ1) is 21.0. The highest BCUT2D eigenvalue weighted by Crippen LogP contribution is 2.36. The van der Waals surface area contributed by atoms with E-state index < -0.39 is 0 Å². The van der Waals surface area contributed by atoms with E-state index in [4.69, 9.17) is 10.7 Å². The molecule has 0 unspecified atom stereocenters. The van der Waals surface area contributed by atoms with E-state index in [2.05, 4.69) is 57.8 Å². The minimum Gasteiger partial charge on any atom is -0.383 e. The van der Waals surface area contributed by atoms with E-state index in [9.17, 15) is 0 Å². The molecule has 0 amide bonds. The second kappa shape index (κ2) is 8.05. The Bertz CT molecular complexity index is 1510. The van der Waals surface area contributed by atoms with Gasteiger partial charge < -0.3 is 15.2 Å². The standard InChI is InChI=1S/C24H24BrN9/c1-14-30-31-15(2)33(14)18-7-9-32(10-8-18)24-21(25)22(26)34-23(29-24)19(13-28-34)17-11-16-5-3-4-6-20(16)27-12-17/h3-6,11-13,18H,7-10,26H2,1-2H3. The molecule has 6 rings (SSSR count). The van der Waals surface area contributed by atoms with Gasteiger partial charge in [-0.3, -0.25) is 4.98 Å². The van der Waals surface area contributed by atoms with E-state index in [1.807, 2.05) is 44.4 Å². The van der Waals surface area contributed by atoms with Crippen molar-refractivity contribution in [3.8, 4) is 11.1 Å². The van der Waals surface area contributed by atoms with Gasteiger partial charge in [-0.1, -0.05) is 18.2 Å². The fourth-order valence-corrected chi connectivity index (χ4v) is 5.46. The lowest BCUT2D eigenvalue weighted by Gasteiger charge is -2.34. The maximum atomic E-state index is 6.50. The van der Waals surface area contributed by atoms with Gasteiger partial charge in [0, 0.05) is 41.8 Å². The van der Waals surface area contributed by atoms with Crippen LogP contribution in [0.25, 0.3) is 27.7 Å². The van der Waals surface area contributed by atoms with Gasteiger partial charge in [0.15, 0.2) is 5.65 Å². The molecular formula is C24H24BrN9. The van der Waals surface area contributed by atoms with E-state index in [-0.39, 0.29) is 0 Å². The van der Waals surface area contributed by atoms with Crippen molar-refractivity contribution in [1.29, 1.82) is 0 Å². The van der Waals surface area contributed by atoms with Crippen molar-refractivity contribution in [3.05, 3.63) is 58.8 Å². The minimum absolute atomic E-state index is 0.389. The smallest absolute Gasteiger partial charge is 0.167 e. The molecular weight excluding hydrogens is 494 g/mol. The number of aromatic nitrogens is 7. The summed E-state index contributed by atoms with van der Waals surface area (Å²) in [6.45, 7) is 5.76.